The molecule has 0 aromatic carbocycles. The van der Waals surface area contributed by atoms with E-state index in [0.29, 0.717) is 6.04 Å². The molecule has 1 heterocycles. The third-order valence-electron chi connectivity index (χ3n) is 3.89. The summed E-state index contributed by atoms with van der Waals surface area (Å²) in [5.41, 5.74) is 0.158. The van der Waals surface area contributed by atoms with Crippen LogP contribution in [-0.4, -0.2) is 48.3 Å². The van der Waals surface area contributed by atoms with Crippen molar-refractivity contribution < 1.29 is 4.74 Å². The normalized spacial score (nSPS) is 24.6. The summed E-state index contributed by atoms with van der Waals surface area (Å²) in [6, 6.07) is 0.521. The maximum absolute atomic E-state index is 6.18. The third kappa shape index (κ3) is 5.71. The summed E-state index contributed by atoms with van der Waals surface area (Å²) in [6.45, 7) is 22.2. The number of hydrogen-bond donors (Lipinski definition) is 1. The van der Waals surface area contributed by atoms with Crippen molar-refractivity contribution in [2.75, 3.05) is 26.2 Å². The van der Waals surface area contributed by atoms with Gasteiger partial charge in [-0.2, -0.15) is 0 Å². The molecule has 1 fully saturated rings. The van der Waals surface area contributed by atoms with Crippen molar-refractivity contribution in [3.8, 4) is 0 Å². The van der Waals surface area contributed by atoms with Crippen LogP contribution >= 0.6 is 0 Å². The second-order valence-corrected chi connectivity index (χ2v) is 8.66. The highest BCUT2D eigenvalue weighted by molar-refractivity contribution is 4.92. The summed E-state index contributed by atoms with van der Waals surface area (Å²) in [4.78, 5) is 2.57. The van der Waals surface area contributed by atoms with Crippen LogP contribution in [0.3, 0.4) is 0 Å². The fraction of sp³-hybridized carbons (Fsp3) is 1.00. The molecule has 1 saturated heterocycles. The van der Waals surface area contributed by atoms with Gasteiger partial charge in [0.15, 0.2) is 0 Å². The number of morpholine rings is 1. The van der Waals surface area contributed by atoms with Crippen molar-refractivity contribution in [2.45, 2.75) is 79.1 Å². The number of ether oxygens (including phenoxy) is 1. The predicted octanol–water partition coefficient (Wildman–Crippen LogP) is 3.29. The lowest BCUT2D eigenvalue weighted by atomic mass is 9.85. The van der Waals surface area contributed by atoms with Gasteiger partial charge < -0.3 is 10.1 Å². The number of hydrogen-bond acceptors (Lipinski definition) is 3. The van der Waals surface area contributed by atoms with Gasteiger partial charge in [-0.1, -0.05) is 27.7 Å². The van der Waals surface area contributed by atoms with E-state index < -0.39 is 0 Å². The molecule has 1 aliphatic rings. The minimum atomic E-state index is -0.0606. The Morgan fingerprint density at radius 1 is 1.10 bits per heavy atom. The van der Waals surface area contributed by atoms with Gasteiger partial charge in [-0.15, -0.1) is 0 Å². The quantitative estimate of drug-likeness (QED) is 0.838. The van der Waals surface area contributed by atoms with Crippen LogP contribution in [0.4, 0.5) is 0 Å². The van der Waals surface area contributed by atoms with E-state index in [9.17, 15) is 0 Å². The molecule has 1 rings (SSSR count). The molecule has 0 radical (unpaired) electrons. The highest BCUT2D eigenvalue weighted by Gasteiger charge is 2.39. The van der Waals surface area contributed by atoms with Gasteiger partial charge in [-0.3, -0.25) is 4.90 Å². The second-order valence-electron chi connectivity index (χ2n) is 8.66. The van der Waals surface area contributed by atoms with Gasteiger partial charge in [0.25, 0.3) is 0 Å². The van der Waals surface area contributed by atoms with E-state index in [4.69, 9.17) is 4.74 Å². The van der Waals surface area contributed by atoms with Gasteiger partial charge in [-0.05, 0) is 46.1 Å². The largest absolute Gasteiger partial charge is 0.367 e. The van der Waals surface area contributed by atoms with E-state index in [2.05, 4.69) is 65.6 Å². The fourth-order valence-corrected chi connectivity index (χ4v) is 3.30. The first-order chi connectivity index (χ1) is 8.95. The zero-order valence-corrected chi connectivity index (χ0v) is 15.0. The van der Waals surface area contributed by atoms with Crippen molar-refractivity contribution >= 4 is 0 Å². The molecule has 0 saturated carbocycles. The van der Waals surface area contributed by atoms with Crippen molar-refractivity contribution in [3.05, 3.63) is 0 Å². The Labute approximate surface area is 126 Å². The molecule has 1 N–H and O–H groups in total. The molecule has 3 nitrogen and oxygen atoms in total. The molecule has 1 unspecified atom stereocenters. The Morgan fingerprint density at radius 2 is 1.60 bits per heavy atom. The molecule has 120 valence electrons. The minimum absolute atomic E-state index is 0.0606. The van der Waals surface area contributed by atoms with E-state index in [1.165, 1.54) is 6.42 Å². The van der Waals surface area contributed by atoms with Gasteiger partial charge in [0.2, 0.25) is 0 Å². The Bertz CT molecular complexity index is 289. The lowest BCUT2D eigenvalue weighted by Crippen LogP contribution is -2.60. The molecule has 3 heteroatoms. The first-order valence-electron chi connectivity index (χ1n) is 8.11. The summed E-state index contributed by atoms with van der Waals surface area (Å²) in [6.07, 6.45) is 1.19. The number of nitrogens with zero attached hydrogens (tertiary/aromatic N) is 1. The summed E-state index contributed by atoms with van der Waals surface area (Å²) in [5.74, 6) is 0. The Balaban J connectivity index is 2.72. The molecular weight excluding hydrogens is 248 g/mol. The van der Waals surface area contributed by atoms with Crippen molar-refractivity contribution in [1.82, 2.24) is 10.2 Å². The highest BCUT2D eigenvalue weighted by atomic mass is 16.5. The van der Waals surface area contributed by atoms with Gasteiger partial charge >= 0.3 is 0 Å². The van der Waals surface area contributed by atoms with Gasteiger partial charge in [0.05, 0.1) is 11.2 Å². The molecule has 0 amide bonds. The van der Waals surface area contributed by atoms with Crippen LogP contribution in [-0.2, 0) is 4.74 Å². The third-order valence-corrected chi connectivity index (χ3v) is 3.89. The molecule has 20 heavy (non-hydrogen) atoms. The van der Waals surface area contributed by atoms with Crippen LogP contribution in [0, 0.1) is 5.41 Å². The monoisotopic (exact) mass is 284 g/mol. The SMILES string of the molecule is CCCNC(CN1CC(C)(C)OC(C)(C)C1)C(C)(C)C. The van der Waals surface area contributed by atoms with E-state index in [0.717, 1.165) is 26.2 Å². The van der Waals surface area contributed by atoms with E-state index in [-0.39, 0.29) is 16.6 Å². The van der Waals surface area contributed by atoms with Crippen LogP contribution in [0.1, 0.15) is 61.8 Å². The first kappa shape index (κ1) is 17.9. The highest BCUT2D eigenvalue weighted by Crippen LogP contribution is 2.29. The average Bonchev–Trinajstić information content (AvgIpc) is 2.17. The summed E-state index contributed by atoms with van der Waals surface area (Å²) >= 11 is 0. The zero-order chi connectivity index (χ0) is 15.6. The average molecular weight is 284 g/mol. The maximum Gasteiger partial charge on any atom is 0.0760 e. The Kier molecular flexibility index (Phi) is 5.67. The van der Waals surface area contributed by atoms with Crippen molar-refractivity contribution in [2.24, 2.45) is 5.41 Å². The van der Waals surface area contributed by atoms with Crippen molar-refractivity contribution in [1.29, 1.82) is 0 Å². The zero-order valence-electron chi connectivity index (χ0n) is 15.0. The van der Waals surface area contributed by atoms with E-state index in [1.54, 1.807) is 0 Å². The summed E-state index contributed by atoms with van der Waals surface area (Å²) in [5, 5.41) is 3.73. The van der Waals surface area contributed by atoms with Crippen LogP contribution in [0.15, 0.2) is 0 Å². The van der Waals surface area contributed by atoms with Crippen LogP contribution < -0.4 is 5.32 Å². The lowest BCUT2D eigenvalue weighted by molar-refractivity contribution is -0.182. The summed E-state index contributed by atoms with van der Waals surface area (Å²) in [7, 11) is 0. The molecule has 0 spiro atoms. The van der Waals surface area contributed by atoms with Gasteiger partial charge in [-0.25, -0.2) is 0 Å². The molecule has 1 aliphatic heterocycles. The first-order valence-corrected chi connectivity index (χ1v) is 8.11. The topological polar surface area (TPSA) is 24.5 Å². The number of rotatable bonds is 5. The molecule has 0 aliphatic carbocycles. The Morgan fingerprint density at radius 3 is 2.00 bits per heavy atom. The fourth-order valence-electron chi connectivity index (χ4n) is 3.30. The van der Waals surface area contributed by atoms with E-state index in [1.807, 2.05) is 0 Å². The minimum Gasteiger partial charge on any atom is -0.367 e. The predicted molar refractivity (Wildman–Crippen MR) is 87.2 cm³/mol. The van der Waals surface area contributed by atoms with E-state index >= 15 is 0 Å². The molecule has 0 bridgehead atoms. The molecule has 0 aromatic rings. The summed E-state index contributed by atoms with van der Waals surface area (Å²) < 4.78 is 6.18. The van der Waals surface area contributed by atoms with Crippen molar-refractivity contribution in [3.63, 3.8) is 0 Å². The van der Waals surface area contributed by atoms with Gasteiger partial charge in [0.1, 0.15) is 0 Å². The standard InChI is InChI=1S/C17H36N2O/c1-9-10-18-14(15(2,3)4)11-19-12-16(5,6)20-17(7,8)13-19/h14,18H,9-13H2,1-8H3. The second kappa shape index (κ2) is 6.33. The van der Waals surface area contributed by atoms with Crippen LogP contribution in [0.2, 0.25) is 0 Å². The molecule has 0 aromatic heterocycles. The van der Waals surface area contributed by atoms with Gasteiger partial charge in [0, 0.05) is 25.7 Å². The molecule has 1 atom stereocenters. The smallest absolute Gasteiger partial charge is 0.0760 e. The van der Waals surface area contributed by atoms with Crippen LogP contribution in [0.25, 0.3) is 0 Å². The van der Waals surface area contributed by atoms with Crippen LogP contribution in [0.5, 0.6) is 0 Å². The maximum atomic E-state index is 6.18. The lowest BCUT2D eigenvalue weighted by Gasteiger charge is -2.49. The number of nitrogens with one attached hydrogen (secondary N) is 1. The Hall–Kier alpha value is -0.120. The molecular formula is C17H36N2O.